The summed E-state index contributed by atoms with van der Waals surface area (Å²) in [5.41, 5.74) is 1.20. The van der Waals surface area contributed by atoms with Crippen LogP contribution < -0.4 is 25.0 Å². The van der Waals surface area contributed by atoms with Gasteiger partial charge in [-0.05, 0) is 31.2 Å². The van der Waals surface area contributed by atoms with E-state index in [1.54, 1.807) is 14.2 Å². The predicted octanol–water partition coefficient (Wildman–Crippen LogP) is 2.59. The van der Waals surface area contributed by atoms with Crippen molar-refractivity contribution in [3.05, 3.63) is 54.6 Å². The molecule has 0 aliphatic carbocycles. The van der Waals surface area contributed by atoms with Gasteiger partial charge in [-0.15, -0.1) is 24.0 Å². The average molecular weight is 567 g/mol. The van der Waals surface area contributed by atoms with Crippen molar-refractivity contribution >= 4 is 41.5 Å². The first-order valence-electron chi connectivity index (χ1n) is 10.9. The number of nitrogens with one attached hydrogen (secondary N) is 2. The average Bonchev–Trinajstić information content (AvgIpc) is 2.85. The number of guanidine groups is 1. The Kier molecular flexibility index (Phi) is 11.1. The standard InChI is InChI=1S/C24H33N5O3.HI/c1-19(32-22-12-8-7-11-21(22)31-3)17-26-24(25-2)27-18-23(30)29-15-13-28(14-16-29)20-9-5-4-6-10-20;/h4-12,19H,13-18H2,1-3H3,(H2,25,26,27);1H. The Bertz CT molecular complexity index is 889. The molecule has 1 aliphatic heterocycles. The normalized spacial score (nSPS) is 14.7. The molecule has 1 aliphatic rings. The molecule has 33 heavy (non-hydrogen) atoms. The van der Waals surface area contributed by atoms with Crippen molar-refractivity contribution in [2.45, 2.75) is 13.0 Å². The first-order chi connectivity index (χ1) is 15.6. The molecular weight excluding hydrogens is 533 g/mol. The van der Waals surface area contributed by atoms with E-state index < -0.39 is 0 Å². The molecule has 180 valence electrons. The molecule has 0 radical (unpaired) electrons. The first-order valence-corrected chi connectivity index (χ1v) is 10.9. The van der Waals surface area contributed by atoms with Crippen molar-refractivity contribution in [2.24, 2.45) is 4.99 Å². The Balaban J connectivity index is 0.00000385. The fourth-order valence-electron chi connectivity index (χ4n) is 3.56. The molecule has 1 unspecified atom stereocenters. The Morgan fingerprint density at radius 2 is 1.64 bits per heavy atom. The molecule has 1 fully saturated rings. The maximum Gasteiger partial charge on any atom is 0.242 e. The SMILES string of the molecule is CN=C(NCC(=O)N1CCN(c2ccccc2)CC1)NCC(C)Oc1ccccc1OC.I. The van der Waals surface area contributed by atoms with Crippen LogP contribution in [0.15, 0.2) is 59.6 Å². The summed E-state index contributed by atoms with van der Waals surface area (Å²) in [6.07, 6.45) is -0.119. The minimum absolute atomic E-state index is 0. The molecule has 0 saturated carbocycles. The van der Waals surface area contributed by atoms with Crippen LogP contribution in [-0.2, 0) is 4.79 Å². The number of ether oxygens (including phenoxy) is 2. The van der Waals surface area contributed by atoms with E-state index in [4.69, 9.17) is 9.47 Å². The van der Waals surface area contributed by atoms with Crippen LogP contribution in [0.2, 0.25) is 0 Å². The Hall–Kier alpha value is -2.69. The summed E-state index contributed by atoms with van der Waals surface area (Å²) in [6, 6.07) is 17.8. The number of para-hydroxylation sites is 3. The van der Waals surface area contributed by atoms with Gasteiger partial charge in [-0.2, -0.15) is 0 Å². The van der Waals surface area contributed by atoms with Gasteiger partial charge >= 0.3 is 0 Å². The van der Waals surface area contributed by atoms with E-state index in [2.05, 4.69) is 32.7 Å². The summed E-state index contributed by atoms with van der Waals surface area (Å²) >= 11 is 0. The van der Waals surface area contributed by atoms with Gasteiger partial charge in [0.25, 0.3) is 0 Å². The lowest BCUT2D eigenvalue weighted by Crippen LogP contribution is -2.52. The van der Waals surface area contributed by atoms with Crippen LogP contribution in [0.4, 0.5) is 5.69 Å². The van der Waals surface area contributed by atoms with Crippen molar-refractivity contribution in [2.75, 3.05) is 58.3 Å². The number of anilines is 1. The summed E-state index contributed by atoms with van der Waals surface area (Å²) in [6.45, 7) is 5.79. The van der Waals surface area contributed by atoms with Gasteiger partial charge in [-0.3, -0.25) is 9.79 Å². The molecule has 8 nitrogen and oxygen atoms in total. The summed E-state index contributed by atoms with van der Waals surface area (Å²) in [5.74, 6) is 2.02. The van der Waals surface area contributed by atoms with Gasteiger partial charge in [0.1, 0.15) is 6.10 Å². The molecular formula is C24H34IN5O3. The maximum atomic E-state index is 12.6. The topological polar surface area (TPSA) is 78.4 Å². The van der Waals surface area contributed by atoms with Gasteiger partial charge in [0, 0.05) is 38.9 Å². The van der Waals surface area contributed by atoms with Crippen molar-refractivity contribution < 1.29 is 14.3 Å². The molecule has 9 heteroatoms. The van der Waals surface area contributed by atoms with E-state index in [1.807, 2.05) is 54.3 Å². The van der Waals surface area contributed by atoms with E-state index in [1.165, 1.54) is 5.69 Å². The highest BCUT2D eigenvalue weighted by Gasteiger charge is 2.21. The van der Waals surface area contributed by atoms with E-state index in [0.29, 0.717) is 37.1 Å². The fourth-order valence-corrected chi connectivity index (χ4v) is 3.56. The van der Waals surface area contributed by atoms with Gasteiger partial charge in [-0.1, -0.05) is 30.3 Å². The molecule has 1 amide bonds. The van der Waals surface area contributed by atoms with Crippen molar-refractivity contribution in [3.63, 3.8) is 0 Å². The highest BCUT2D eigenvalue weighted by molar-refractivity contribution is 14.0. The minimum atomic E-state index is -0.119. The van der Waals surface area contributed by atoms with Crippen LogP contribution in [0.3, 0.4) is 0 Å². The number of amides is 1. The zero-order valence-corrected chi connectivity index (χ0v) is 21.8. The Morgan fingerprint density at radius 1 is 1.00 bits per heavy atom. The van der Waals surface area contributed by atoms with Crippen molar-refractivity contribution in [1.29, 1.82) is 0 Å². The monoisotopic (exact) mass is 567 g/mol. The predicted molar refractivity (Wildman–Crippen MR) is 143 cm³/mol. The molecule has 2 aromatic carbocycles. The van der Waals surface area contributed by atoms with Crippen LogP contribution in [0.1, 0.15) is 6.92 Å². The minimum Gasteiger partial charge on any atom is -0.493 e. The molecule has 0 spiro atoms. The smallest absolute Gasteiger partial charge is 0.242 e. The number of carbonyl (C=O) groups is 1. The number of nitrogens with zero attached hydrogens (tertiary/aromatic N) is 3. The molecule has 0 aromatic heterocycles. The third-order valence-electron chi connectivity index (χ3n) is 5.34. The van der Waals surface area contributed by atoms with E-state index in [9.17, 15) is 4.79 Å². The number of hydrogen-bond donors (Lipinski definition) is 2. The molecule has 3 rings (SSSR count). The lowest BCUT2D eigenvalue weighted by Gasteiger charge is -2.36. The lowest BCUT2D eigenvalue weighted by molar-refractivity contribution is -0.130. The summed E-state index contributed by atoms with van der Waals surface area (Å²) < 4.78 is 11.3. The number of hydrogen-bond acceptors (Lipinski definition) is 5. The zero-order valence-electron chi connectivity index (χ0n) is 19.5. The molecule has 0 bridgehead atoms. The highest BCUT2D eigenvalue weighted by atomic mass is 127. The fraction of sp³-hybridized carbons (Fsp3) is 0.417. The Labute approximate surface area is 213 Å². The van der Waals surface area contributed by atoms with Gasteiger partial charge in [0.15, 0.2) is 17.5 Å². The molecule has 1 saturated heterocycles. The number of aliphatic imine (C=N–C) groups is 1. The van der Waals surface area contributed by atoms with Crippen molar-refractivity contribution in [3.8, 4) is 11.5 Å². The van der Waals surface area contributed by atoms with Crippen LogP contribution in [0, 0.1) is 0 Å². The van der Waals surface area contributed by atoms with E-state index in [0.717, 1.165) is 13.1 Å². The first kappa shape index (κ1) is 26.6. The summed E-state index contributed by atoms with van der Waals surface area (Å²) in [5, 5.41) is 6.31. The molecule has 1 heterocycles. The van der Waals surface area contributed by atoms with Gasteiger partial charge in [0.05, 0.1) is 20.2 Å². The summed E-state index contributed by atoms with van der Waals surface area (Å²) in [4.78, 5) is 21.0. The quantitative estimate of drug-likeness (QED) is 0.290. The van der Waals surface area contributed by atoms with Crippen molar-refractivity contribution in [1.82, 2.24) is 15.5 Å². The Morgan fingerprint density at radius 3 is 2.27 bits per heavy atom. The largest absolute Gasteiger partial charge is 0.493 e. The van der Waals surface area contributed by atoms with Gasteiger partial charge < -0.3 is 29.9 Å². The number of halogens is 1. The van der Waals surface area contributed by atoms with E-state index in [-0.39, 0.29) is 42.5 Å². The zero-order chi connectivity index (χ0) is 22.8. The number of rotatable bonds is 8. The summed E-state index contributed by atoms with van der Waals surface area (Å²) in [7, 11) is 3.31. The van der Waals surface area contributed by atoms with Crippen LogP contribution in [-0.4, -0.2) is 76.3 Å². The van der Waals surface area contributed by atoms with Gasteiger partial charge in [0.2, 0.25) is 5.91 Å². The number of benzene rings is 2. The second kappa shape index (κ2) is 13.8. The van der Waals surface area contributed by atoms with Crippen LogP contribution in [0.5, 0.6) is 11.5 Å². The van der Waals surface area contributed by atoms with Crippen LogP contribution in [0.25, 0.3) is 0 Å². The molecule has 2 N–H and O–H groups in total. The number of carbonyl (C=O) groups excluding carboxylic acids is 1. The lowest BCUT2D eigenvalue weighted by atomic mass is 10.2. The number of piperazine rings is 1. The second-order valence-corrected chi connectivity index (χ2v) is 7.59. The molecule has 1 atom stereocenters. The molecule has 2 aromatic rings. The van der Waals surface area contributed by atoms with E-state index >= 15 is 0 Å². The third kappa shape index (κ3) is 7.99. The maximum absolute atomic E-state index is 12.6. The number of methoxy groups -OCH3 is 1. The van der Waals surface area contributed by atoms with Gasteiger partial charge in [-0.25, -0.2) is 0 Å². The third-order valence-corrected chi connectivity index (χ3v) is 5.34. The highest BCUT2D eigenvalue weighted by Crippen LogP contribution is 2.26. The van der Waals surface area contributed by atoms with Crippen LogP contribution >= 0.6 is 24.0 Å². The second-order valence-electron chi connectivity index (χ2n) is 7.59.